The van der Waals surface area contributed by atoms with Crippen molar-refractivity contribution in [2.24, 2.45) is 5.92 Å². The summed E-state index contributed by atoms with van der Waals surface area (Å²) in [5.41, 5.74) is 1.04. The van der Waals surface area contributed by atoms with E-state index in [0.29, 0.717) is 35.4 Å². The second-order valence-corrected chi connectivity index (χ2v) is 6.58. The number of hydrogen-bond donors (Lipinski definition) is 1. The molecule has 7 heteroatoms. The van der Waals surface area contributed by atoms with E-state index in [1.807, 2.05) is 32.0 Å². The first kappa shape index (κ1) is 17.2. The van der Waals surface area contributed by atoms with Crippen LogP contribution in [-0.4, -0.2) is 30.3 Å². The van der Waals surface area contributed by atoms with Crippen LogP contribution in [0.15, 0.2) is 18.2 Å². The maximum atomic E-state index is 11.7. The number of ether oxygens (including phenoxy) is 2. The van der Waals surface area contributed by atoms with Gasteiger partial charge in [0.1, 0.15) is 5.01 Å². The highest BCUT2D eigenvalue weighted by Gasteiger charge is 2.11. The Kier molecular flexibility index (Phi) is 5.92. The molecule has 0 bridgehead atoms. The van der Waals surface area contributed by atoms with Crippen molar-refractivity contribution in [1.29, 1.82) is 0 Å². The summed E-state index contributed by atoms with van der Waals surface area (Å²) in [5.74, 6) is 1.65. The number of nitrogens with one attached hydrogen (secondary N) is 1. The van der Waals surface area contributed by atoms with Crippen molar-refractivity contribution in [3.8, 4) is 11.5 Å². The lowest BCUT2D eigenvalue weighted by molar-refractivity contribution is -0.116. The molecule has 0 aliphatic carbocycles. The molecule has 6 nitrogen and oxygen atoms in total. The molecule has 2 rings (SSSR count). The zero-order chi connectivity index (χ0) is 16.8. The molecule has 1 N–H and O–H groups in total. The molecule has 1 heterocycles. The molecular weight excluding hydrogens is 314 g/mol. The number of amides is 1. The van der Waals surface area contributed by atoms with E-state index in [2.05, 4.69) is 15.5 Å². The predicted octanol–water partition coefficient (Wildman–Crippen LogP) is 3.13. The molecule has 2 aromatic rings. The van der Waals surface area contributed by atoms with Crippen LogP contribution in [0.5, 0.6) is 11.5 Å². The lowest BCUT2D eigenvalue weighted by atomic mass is 10.1. The molecule has 0 saturated heterocycles. The van der Waals surface area contributed by atoms with Gasteiger partial charge in [0.15, 0.2) is 11.5 Å². The Balaban J connectivity index is 2.03. The summed E-state index contributed by atoms with van der Waals surface area (Å²) in [5, 5.41) is 12.3. The quantitative estimate of drug-likeness (QED) is 0.841. The minimum Gasteiger partial charge on any atom is -0.493 e. The van der Waals surface area contributed by atoms with E-state index in [4.69, 9.17) is 9.47 Å². The van der Waals surface area contributed by atoms with Crippen LogP contribution in [0, 0.1) is 5.92 Å². The first-order valence-electron chi connectivity index (χ1n) is 7.35. The van der Waals surface area contributed by atoms with E-state index in [1.54, 1.807) is 14.2 Å². The summed E-state index contributed by atoms with van der Waals surface area (Å²) in [7, 11) is 3.21. The average molecular weight is 335 g/mol. The van der Waals surface area contributed by atoms with Gasteiger partial charge in [-0.1, -0.05) is 31.3 Å². The summed E-state index contributed by atoms with van der Waals surface area (Å²) in [4.78, 5) is 11.7. The summed E-state index contributed by atoms with van der Waals surface area (Å²) >= 11 is 1.38. The molecule has 1 aromatic heterocycles. The summed E-state index contributed by atoms with van der Waals surface area (Å²) < 4.78 is 10.5. The largest absolute Gasteiger partial charge is 0.493 e. The minimum atomic E-state index is -0.0335. The number of rotatable bonds is 7. The number of methoxy groups -OCH3 is 2. The fourth-order valence-corrected chi connectivity index (χ4v) is 2.87. The second kappa shape index (κ2) is 7.92. The van der Waals surface area contributed by atoms with E-state index in [9.17, 15) is 4.79 Å². The van der Waals surface area contributed by atoms with Crippen molar-refractivity contribution in [3.63, 3.8) is 0 Å². The van der Waals surface area contributed by atoms with Crippen LogP contribution < -0.4 is 14.8 Å². The zero-order valence-corrected chi connectivity index (χ0v) is 14.6. The van der Waals surface area contributed by atoms with Crippen molar-refractivity contribution < 1.29 is 14.3 Å². The lowest BCUT2D eigenvalue weighted by Gasteiger charge is -2.08. The Morgan fingerprint density at radius 3 is 2.61 bits per heavy atom. The highest BCUT2D eigenvalue weighted by atomic mass is 32.1. The highest BCUT2D eigenvalue weighted by Crippen LogP contribution is 2.29. The number of carbonyl (C=O) groups excluding carboxylic acids is 1. The molecule has 0 atom stereocenters. The van der Waals surface area contributed by atoms with E-state index >= 15 is 0 Å². The SMILES string of the molecule is COc1ccc(Cc2nnc(NC(=O)CC(C)C)s2)cc1OC. The molecule has 0 aliphatic rings. The summed E-state index contributed by atoms with van der Waals surface area (Å²) in [6.45, 7) is 4.00. The fraction of sp³-hybridized carbons (Fsp3) is 0.438. The van der Waals surface area contributed by atoms with Crippen molar-refractivity contribution >= 4 is 22.4 Å². The van der Waals surface area contributed by atoms with Gasteiger partial charge in [0.25, 0.3) is 0 Å². The number of anilines is 1. The van der Waals surface area contributed by atoms with E-state index in [1.165, 1.54) is 11.3 Å². The monoisotopic (exact) mass is 335 g/mol. The summed E-state index contributed by atoms with van der Waals surface area (Å²) in [6, 6.07) is 5.73. The van der Waals surface area contributed by atoms with Crippen LogP contribution in [0.1, 0.15) is 30.8 Å². The third-order valence-electron chi connectivity index (χ3n) is 3.11. The molecule has 23 heavy (non-hydrogen) atoms. The van der Waals surface area contributed by atoms with Gasteiger partial charge in [-0.2, -0.15) is 0 Å². The summed E-state index contributed by atoms with van der Waals surface area (Å²) in [6.07, 6.45) is 1.10. The lowest BCUT2D eigenvalue weighted by Crippen LogP contribution is -2.13. The average Bonchev–Trinajstić information content (AvgIpc) is 2.93. The van der Waals surface area contributed by atoms with Crippen LogP contribution in [0.2, 0.25) is 0 Å². The van der Waals surface area contributed by atoms with Gasteiger partial charge in [0.05, 0.1) is 14.2 Å². The topological polar surface area (TPSA) is 73.3 Å². The van der Waals surface area contributed by atoms with Gasteiger partial charge in [-0.15, -0.1) is 10.2 Å². The fourth-order valence-electron chi connectivity index (χ4n) is 2.08. The van der Waals surface area contributed by atoms with E-state index < -0.39 is 0 Å². The van der Waals surface area contributed by atoms with Crippen LogP contribution in [0.25, 0.3) is 0 Å². The van der Waals surface area contributed by atoms with Gasteiger partial charge in [-0.25, -0.2) is 0 Å². The Bertz CT molecular complexity index is 670. The minimum absolute atomic E-state index is 0.0335. The molecule has 0 unspecified atom stereocenters. The maximum absolute atomic E-state index is 11.7. The first-order valence-corrected chi connectivity index (χ1v) is 8.16. The maximum Gasteiger partial charge on any atom is 0.226 e. The highest BCUT2D eigenvalue weighted by molar-refractivity contribution is 7.15. The third-order valence-corrected chi connectivity index (χ3v) is 3.95. The van der Waals surface area contributed by atoms with E-state index in [0.717, 1.165) is 10.6 Å². The normalized spacial score (nSPS) is 10.7. The number of carbonyl (C=O) groups is 1. The molecule has 0 radical (unpaired) electrons. The smallest absolute Gasteiger partial charge is 0.226 e. The van der Waals surface area contributed by atoms with Gasteiger partial charge in [-0.3, -0.25) is 4.79 Å². The molecule has 0 fully saturated rings. The van der Waals surface area contributed by atoms with Gasteiger partial charge in [0.2, 0.25) is 11.0 Å². The molecule has 0 saturated carbocycles. The zero-order valence-electron chi connectivity index (χ0n) is 13.8. The standard InChI is InChI=1S/C16H21N3O3S/c1-10(2)7-14(20)17-16-19-18-15(23-16)9-11-5-6-12(21-3)13(8-11)22-4/h5-6,8,10H,7,9H2,1-4H3,(H,17,19,20). The number of hydrogen-bond acceptors (Lipinski definition) is 6. The Morgan fingerprint density at radius 1 is 1.22 bits per heavy atom. The Hall–Kier alpha value is -2.15. The van der Waals surface area contributed by atoms with Crippen LogP contribution in [0.4, 0.5) is 5.13 Å². The van der Waals surface area contributed by atoms with Crippen molar-refractivity contribution in [3.05, 3.63) is 28.8 Å². The van der Waals surface area contributed by atoms with Crippen molar-refractivity contribution in [2.75, 3.05) is 19.5 Å². The number of aromatic nitrogens is 2. The van der Waals surface area contributed by atoms with E-state index in [-0.39, 0.29) is 5.91 Å². The molecule has 124 valence electrons. The van der Waals surface area contributed by atoms with Crippen molar-refractivity contribution in [2.45, 2.75) is 26.7 Å². The molecule has 0 aliphatic heterocycles. The second-order valence-electron chi connectivity index (χ2n) is 5.51. The van der Waals surface area contributed by atoms with Gasteiger partial charge in [0, 0.05) is 12.8 Å². The van der Waals surface area contributed by atoms with Crippen LogP contribution in [-0.2, 0) is 11.2 Å². The predicted molar refractivity (Wildman–Crippen MR) is 90.3 cm³/mol. The van der Waals surface area contributed by atoms with Crippen LogP contribution >= 0.6 is 11.3 Å². The van der Waals surface area contributed by atoms with Gasteiger partial charge in [-0.05, 0) is 23.6 Å². The van der Waals surface area contributed by atoms with Gasteiger partial charge >= 0.3 is 0 Å². The Morgan fingerprint density at radius 2 is 1.96 bits per heavy atom. The van der Waals surface area contributed by atoms with Gasteiger partial charge < -0.3 is 14.8 Å². The first-order chi connectivity index (χ1) is 11.0. The third kappa shape index (κ3) is 4.92. The molecule has 1 aromatic carbocycles. The molecule has 1 amide bonds. The van der Waals surface area contributed by atoms with Crippen LogP contribution in [0.3, 0.4) is 0 Å². The Labute approximate surface area is 139 Å². The molecule has 0 spiro atoms. The molecular formula is C16H21N3O3S. The van der Waals surface area contributed by atoms with Crippen molar-refractivity contribution in [1.82, 2.24) is 10.2 Å². The number of nitrogens with zero attached hydrogens (tertiary/aromatic N) is 2. The number of benzene rings is 1.